The Morgan fingerprint density at radius 3 is 2.43 bits per heavy atom. The fraction of sp³-hybridized carbons (Fsp3) is 0.556. The second kappa shape index (κ2) is 11.5. The maximum atomic E-state index is 12.8. The first kappa shape index (κ1) is 24.9. The lowest BCUT2D eigenvalue weighted by atomic mass is 9.85. The van der Waals surface area contributed by atoms with Crippen molar-refractivity contribution >= 4 is 29.3 Å². The molecule has 0 radical (unpaired) electrons. The number of hydrogen-bond donors (Lipinski definition) is 3. The normalized spacial score (nSPS) is 20.3. The van der Waals surface area contributed by atoms with E-state index in [9.17, 15) is 9.59 Å². The van der Waals surface area contributed by atoms with Gasteiger partial charge in [-0.3, -0.25) is 9.59 Å². The van der Waals surface area contributed by atoms with E-state index in [2.05, 4.69) is 25.9 Å². The number of aromatic nitrogens is 2. The van der Waals surface area contributed by atoms with Crippen LogP contribution in [-0.4, -0.2) is 41.9 Å². The molecule has 8 nitrogen and oxygen atoms in total. The minimum atomic E-state index is 0.0228. The Kier molecular flexibility index (Phi) is 8.21. The molecule has 0 spiro atoms. The van der Waals surface area contributed by atoms with Crippen LogP contribution in [0.4, 0.5) is 17.5 Å². The van der Waals surface area contributed by atoms with E-state index in [0.717, 1.165) is 74.0 Å². The van der Waals surface area contributed by atoms with E-state index in [1.54, 1.807) is 0 Å². The molecule has 1 aromatic carbocycles. The molecule has 2 aliphatic rings. The summed E-state index contributed by atoms with van der Waals surface area (Å²) in [5.74, 6) is 1.93. The SMILES string of the molecule is Cc1cnc(N[C@H]2CC[C@@H](C(=O)NCc3cccc(NC(=O)C4CCCC4)c3)CC2)nc1N(C)C. The van der Waals surface area contributed by atoms with Crippen molar-refractivity contribution in [2.24, 2.45) is 11.8 Å². The molecule has 0 bridgehead atoms. The fourth-order valence-corrected chi connectivity index (χ4v) is 5.16. The smallest absolute Gasteiger partial charge is 0.227 e. The quantitative estimate of drug-likeness (QED) is 0.524. The third-order valence-electron chi connectivity index (χ3n) is 7.19. The molecular formula is C27H38N6O2. The van der Waals surface area contributed by atoms with Gasteiger partial charge in [0.2, 0.25) is 17.8 Å². The van der Waals surface area contributed by atoms with Crippen molar-refractivity contribution in [2.75, 3.05) is 29.6 Å². The van der Waals surface area contributed by atoms with Gasteiger partial charge in [-0.25, -0.2) is 4.98 Å². The first-order valence-corrected chi connectivity index (χ1v) is 12.8. The van der Waals surface area contributed by atoms with Gasteiger partial charge in [-0.1, -0.05) is 25.0 Å². The van der Waals surface area contributed by atoms with Crippen LogP contribution in [0.5, 0.6) is 0 Å². The Labute approximate surface area is 208 Å². The van der Waals surface area contributed by atoms with Crippen LogP contribution >= 0.6 is 0 Å². The number of rotatable bonds is 8. The van der Waals surface area contributed by atoms with Gasteiger partial charge in [-0.15, -0.1) is 0 Å². The number of nitrogens with zero attached hydrogens (tertiary/aromatic N) is 3. The number of anilines is 3. The van der Waals surface area contributed by atoms with Gasteiger partial charge < -0.3 is 20.9 Å². The highest BCUT2D eigenvalue weighted by molar-refractivity contribution is 5.92. The summed E-state index contributed by atoms with van der Waals surface area (Å²) in [6, 6.07) is 8.05. The Hall–Kier alpha value is -3.16. The van der Waals surface area contributed by atoms with Crippen LogP contribution in [0.15, 0.2) is 30.5 Å². The minimum absolute atomic E-state index is 0.0228. The van der Waals surface area contributed by atoms with Crippen molar-refractivity contribution < 1.29 is 9.59 Å². The molecule has 0 saturated heterocycles. The number of benzene rings is 1. The Balaban J connectivity index is 1.22. The average molecular weight is 479 g/mol. The van der Waals surface area contributed by atoms with E-state index in [0.29, 0.717) is 12.5 Å². The standard InChI is InChI=1S/C27H38N6O2/c1-18-16-29-27(32-24(18)33(2)3)31-22-13-11-21(12-14-22)25(34)28-17-19-7-6-10-23(15-19)30-26(35)20-8-4-5-9-20/h6-7,10,15-16,20-22H,4-5,8-9,11-14,17H2,1-3H3,(H,28,34)(H,30,35)(H,29,31,32)/t21-,22+. The molecule has 8 heteroatoms. The number of hydrogen-bond acceptors (Lipinski definition) is 6. The highest BCUT2D eigenvalue weighted by Crippen LogP contribution is 2.28. The monoisotopic (exact) mass is 478 g/mol. The molecule has 2 amide bonds. The zero-order valence-electron chi connectivity index (χ0n) is 21.1. The topological polar surface area (TPSA) is 99.2 Å². The van der Waals surface area contributed by atoms with Crippen LogP contribution < -0.4 is 20.9 Å². The minimum Gasteiger partial charge on any atom is -0.362 e. The molecule has 2 saturated carbocycles. The molecule has 3 N–H and O–H groups in total. The highest BCUT2D eigenvalue weighted by Gasteiger charge is 2.27. The molecule has 1 heterocycles. The first-order valence-electron chi connectivity index (χ1n) is 12.8. The van der Waals surface area contributed by atoms with Gasteiger partial charge in [-0.2, -0.15) is 4.98 Å². The van der Waals surface area contributed by atoms with Gasteiger partial charge in [0.25, 0.3) is 0 Å². The lowest BCUT2D eigenvalue weighted by Gasteiger charge is -2.28. The third-order valence-corrected chi connectivity index (χ3v) is 7.19. The molecule has 4 rings (SSSR count). The van der Waals surface area contributed by atoms with E-state index in [1.807, 2.05) is 56.4 Å². The largest absolute Gasteiger partial charge is 0.362 e. The summed E-state index contributed by atoms with van der Waals surface area (Å²) in [6.45, 7) is 2.47. The number of nitrogens with one attached hydrogen (secondary N) is 3. The summed E-state index contributed by atoms with van der Waals surface area (Å²) in [7, 11) is 3.96. The van der Waals surface area contributed by atoms with E-state index in [1.165, 1.54) is 0 Å². The molecule has 2 fully saturated rings. The Bertz CT molecular complexity index is 1030. The van der Waals surface area contributed by atoms with E-state index >= 15 is 0 Å². The Morgan fingerprint density at radius 1 is 1.00 bits per heavy atom. The van der Waals surface area contributed by atoms with E-state index < -0.39 is 0 Å². The van der Waals surface area contributed by atoms with Crippen LogP contribution in [-0.2, 0) is 16.1 Å². The van der Waals surface area contributed by atoms with Gasteiger partial charge in [0, 0.05) is 56.0 Å². The van der Waals surface area contributed by atoms with Gasteiger partial charge in [0.15, 0.2) is 0 Å². The summed E-state index contributed by atoms with van der Waals surface area (Å²) < 4.78 is 0. The maximum absolute atomic E-state index is 12.8. The molecule has 1 aromatic heterocycles. The highest BCUT2D eigenvalue weighted by atomic mass is 16.2. The molecular weight excluding hydrogens is 440 g/mol. The summed E-state index contributed by atoms with van der Waals surface area (Å²) >= 11 is 0. The van der Waals surface area contributed by atoms with Gasteiger partial charge in [-0.05, 0) is 63.1 Å². The molecule has 0 aliphatic heterocycles. The lowest BCUT2D eigenvalue weighted by Crippen LogP contribution is -2.36. The van der Waals surface area contributed by atoms with Crippen molar-refractivity contribution in [1.29, 1.82) is 0 Å². The number of carbonyl (C=O) groups excluding carboxylic acids is 2. The molecule has 2 aliphatic carbocycles. The molecule has 188 valence electrons. The third kappa shape index (κ3) is 6.71. The van der Waals surface area contributed by atoms with E-state index in [4.69, 9.17) is 0 Å². The molecule has 2 aromatic rings. The number of amides is 2. The zero-order valence-corrected chi connectivity index (χ0v) is 21.1. The summed E-state index contributed by atoms with van der Waals surface area (Å²) in [6.07, 6.45) is 9.59. The molecule has 0 atom stereocenters. The maximum Gasteiger partial charge on any atom is 0.227 e. The molecule has 0 unspecified atom stereocenters. The molecule has 35 heavy (non-hydrogen) atoms. The van der Waals surface area contributed by atoms with Crippen molar-refractivity contribution in [2.45, 2.75) is 70.9 Å². The second-order valence-electron chi connectivity index (χ2n) is 10.2. The number of carbonyl (C=O) groups is 2. The summed E-state index contributed by atoms with van der Waals surface area (Å²) in [5.41, 5.74) is 2.84. The average Bonchev–Trinajstić information content (AvgIpc) is 3.40. The zero-order chi connectivity index (χ0) is 24.8. The predicted molar refractivity (Wildman–Crippen MR) is 139 cm³/mol. The number of aryl methyl sites for hydroxylation is 1. The van der Waals surface area contributed by atoms with Crippen LogP contribution in [0.1, 0.15) is 62.5 Å². The van der Waals surface area contributed by atoms with Gasteiger partial charge in [0.05, 0.1) is 0 Å². The lowest BCUT2D eigenvalue weighted by molar-refractivity contribution is -0.126. The fourth-order valence-electron chi connectivity index (χ4n) is 5.16. The van der Waals surface area contributed by atoms with Crippen molar-refractivity contribution in [3.63, 3.8) is 0 Å². The van der Waals surface area contributed by atoms with Crippen molar-refractivity contribution in [3.05, 3.63) is 41.6 Å². The predicted octanol–water partition coefficient (Wildman–Crippen LogP) is 4.27. The van der Waals surface area contributed by atoms with Crippen LogP contribution in [0.25, 0.3) is 0 Å². The second-order valence-corrected chi connectivity index (χ2v) is 10.2. The van der Waals surface area contributed by atoms with E-state index in [-0.39, 0.29) is 29.7 Å². The summed E-state index contributed by atoms with van der Waals surface area (Å²) in [4.78, 5) is 36.2. The summed E-state index contributed by atoms with van der Waals surface area (Å²) in [5, 5.41) is 9.58. The van der Waals surface area contributed by atoms with Crippen molar-refractivity contribution in [3.8, 4) is 0 Å². The van der Waals surface area contributed by atoms with Gasteiger partial charge in [0.1, 0.15) is 5.82 Å². The first-order chi connectivity index (χ1) is 16.9. The van der Waals surface area contributed by atoms with Gasteiger partial charge >= 0.3 is 0 Å². The van der Waals surface area contributed by atoms with Crippen LogP contribution in [0.3, 0.4) is 0 Å². The van der Waals surface area contributed by atoms with Crippen molar-refractivity contribution in [1.82, 2.24) is 15.3 Å². The van der Waals surface area contributed by atoms with Crippen LogP contribution in [0, 0.1) is 18.8 Å². The van der Waals surface area contributed by atoms with Crippen LogP contribution in [0.2, 0.25) is 0 Å². The Morgan fingerprint density at radius 2 is 1.71 bits per heavy atom.